The highest BCUT2D eigenvalue weighted by atomic mass is 15.2. The fourth-order valence-electron chi connectivity index (χ4n) is 2.81. The van der Waals surface area contributed by atoms with Crippen LogP contribution in [0, 0.1) is 5.92 Å². The summed E-state index contributed by atoms with van der Waals surface area (Å²) in [5.74, 6) is 0.716. The second-order valence-electron chi connectivity index (χ2n) is 6.31. The van der Waals surface area contributed by atoms with Crippen molar-refractivity contribution >= 4 is 0 Å². The molecule has 1 aliphatic rings. The third kappa shape index (κ3) is 4.63. The van der Waals surface area contributed by atoms with E-state index in [2.05, 4.69) is 55.3 Å². The lowest BCUT2D eigenvalue weighted by Gasteiger charge is -2.21. The molecule has 1 aliphatic heterocycles. The van der Waals surface area contributed by atoms with E-state index in [1.165, 1.54) is 30.5 Å². The molecule has 0 bridgehead atoms. The molecular weight excluding hydrogens is 232 g/mol. The molecule has 1 N–H and O–H groups in total. The van der Waals surface area contributed by atoms with Gasteiger partial charge in [-0.25, -0.2) is 0 Å². The van der Waals surface area contributed by atoms with Crippen LogP contribution in [-0.2, 0) is 13.1 Å². The third-order valence-corrected chi connectivity index (χ3v) is 3.95. The zero-order valence-electron chi connectivity index (χ0n) is 12.7. The summed E-state index contributed by atoms with van der Waals surface area (Å²) in [6.07, 6.45) is 2.71. The average molecular weight is 260 g/mol. The van der Waals surface area contributed by atoms with Crippen molar-refractivity contribution in [2.75, 3.05) is 13.1 Å². The maximum atomic E-state index is 3.52. The van der Waals surface area contributed by atoms with Crippen LogP contribution in [0.2, 0.25) is 0 Å². The maximum Gasteiger partial charge on any atom is 0.0236 e. The number of rotatable bonds is 6. The van der Waals surface area contributed by atoms with E-state index >= 15 is 0 Å². The molecule has 106 valence electrons. The molecule has 2 rings (SSSR count). The zero-order chi connectivity index (χ0) is 13.7. The third-order valence-electron chi connectivity index (χ3n) is 3.95. The summed E-state index contributed by atoms with van der Waals surface area (Å²) in [7, 11) is 0. The Morgan fingerprint density at radius 2 is 2.11 bits per heavy atom. The summed E-state index contributed by atoms with van der Waals surface area (Å²) < 4.78 is 0. The Balaban J connectivity index is 1.87. The summed E-state index contributed by atoms with van der Waals surface area (Å²) in [4.78, 5) is 2.60. The molecule has 0 amide bonds. The molecule has 0 radical (unpaired) electrons. The normalized spacial score (nSPS) is 20.3. The Bertz CT molecular complexity index is 387. The van der Waals surface area contributed by atoms with Gasteiger partial charge in [-0.15, -0.1) is 0 Å². The molecule has 0 aliphatic carbocycles. The van der Waals surface area contributed by atoms with E-state index in [1.807, 2.05) is 0 Å². The lowest BCUT2D eigenvalue weighted by atomic mass is 10.1. The Morgan fingerprint density at radius 1 is 1.32 bits per heavy atom. The van der Waals surface area contributed by atoms with Crippen molar-refractivity contribution in [2.45, 2.75) is 52.7 Å². The number of nitrogens with one attached hydrogen (secondary N) is 1. The first-order valence-corrected chi connectivity index (χ1v) is 7.67. The molecule has 1 aromatic rings. The molecule has 0 aromatic heterocycles. The number of nitrogens with zero attached hydrogens (tertiary/aromatic N) is 1. The van der Waals surface area contributed by atoms with Crippen LogP contribution in [0.15, 0.2) is 24.3 Å². The first-order chi connectivity index (χ1) is 9.15. The van der Waals surface area contributed by atoms with E-state index in [9.17, 15) is 0 Å². The van der Waals surface area contributed by atoms with Gasteiger partial charge in [-0.1, -0.05) is 38.1 Å². The predicted octanol–water partition coefficient (Wildman–Crippen LogP) is 3.42. The van der Waals surface area contributed by atoms with Gasteiger partial charge in [-0.3, -0.25) is 4.90 Å². The van der Waals surface area contributed by atoms with Crippen molar-refractivity contribution in [3.8, 4) is 0 Å². The quantitative estimate of drug-likeness (QED) is 0.843. The van der Waals surface area contributed by atoms with Gasteiger partial charge in [0.1, 0.15) is 0 Å². The van der Waals surface area contributed by atoms with Crippen LogP contribution in [-0.4, -0.2) is 24.0 Å². The second-order valence-corrected chi connectivity index (χ2v) is 6.31. The van der Waals surface area contributed by atoms with E-state index in [4.69, 9.17) is 0 Å². The van der Waals surface area contributed by atoms with Crippen LogP contribution >= 0.6 is 0 Å². The SMILES string of the molecule is CC(C)CNCc1cccc(CN2CCCC2C)c1. The van der Waals surface area contributed by atoms with Gasteiger partial charge in [-0.05, 0) is 49.9 Å². The van der Waals surface area contributed by atoms with Gasteiger partial charge in [0.05, 0.1) is 0 Å². The number of hydrogen-bond acceptors (Lipinski definition) is 2. The molecule has 1 aromatic carbocycles. The fraction of sp³-hybridized carbons (Fsp3) is 0.647. The van der Waals surface area contributed by atoms with E-state index < -0.39 is 0 Å². The Morgan fingerprint density at radius 3 is 2.79 bits per heavy atom. The predicted molar refractivity (Wildman–Crippen MR) is 82.1 cm³/mol. The summed E-state index contributed by atoms with van der Waals surface area (Å²) in [6.45, 7) is 11.3. The van der Waals surface area contributed by atoms with Gasteiger partial charge >= 0.3 is 0 Å². The lowest BCUT2D eigenvalue weighted by molar-refractivity contribution is 0.260. The average Bonchev–Trinajstić information content (AvgIpc) is 2.75. The minimum Gasteiger partial charge on any atom is -0.312 e. The van der Waals surface area contributed by atoms with Gasteiger partial charge in [0.25, 0.3) is 0 Å². The summed E-state index contributed by atoms with van der Waals surface area (Å²) >= 11 is 0. The summed E-state index contributed by atoms with van der Waals surface area (Å²) in [5, 5.41) is 3.52. The summed E-state index contributed by atoms with van der Waals surface area (Å²) in [5.41, 5.74) is 2.86. The molecule has 1 unspecified atom stereocenters. The topological polar surface area (TPSA) is 15.3 Å². The van der Waals surface area contributed by atoms with Crippen LogP contribution in [0.25, 0.3) is 0 Å². The Labute approximate surface area is 118 Å². The lowest BCUT2D eigenvalue weighted by Crippen LogP contribution is -2.26. The standard InChI is InChI=1S/C17H28N2/c1-14(2)11-18-12-16-7-4-8-17(10-16)13-19-9-5-6-15(19)3/h4,7-8,10,14-15,18H,5-6,9,11-13H2,1-3H3. The Kier molecular flexibility index (Phi) is 5.41. The molecule has 1 heterocycles. The van der Waals surface area contributed by atoms with Crippen LogP contribution < -0.4 is 5.32 Å². The largest absolute Gasteiger partial charge is 0.312 e. The summed E-state index contributed by atoms with van der Waals surface area (Å²) in [6, 6.07) is 9.80. The van der Waals surface area contributed by atoms with E-state index in [0.29, 0.717) is 5.92 Å². The van der Waals surface area contributed by atoms with Crippen molar-refractivity contribution in [2.24, 2.45) is 5.92 Å². The molecule has 1 saturated heterocycles. The van der Waals surface area contributed by atoms with E-state index in [0.717, 1.165) is 25.7 Å². The minimum absolute atomic E-state index is 0.716. The van der Waals surface area contributed by atoms with Crippen molar-refractivity contribution < 1.29 is 0 Å². The number of benzene rings is 1. The number of hydrogen-bond donors (Lipinski definition) is 1. The van der Waals surface area contributed by atoms with Gasteiger partial charge in [0, 0.05) is 19.1 Å². The highest BCUT2D eigenvalue weighted by Gasteiger charge is 2.19. The van der Waals surface area contributed by atoms with E-state index in [1.54, 1.807) is 0 Å². The highest BCUT2D eigenvalue weighted by Crippen LogP contribution is 2.19. The highest BCUT2D eigenvalue weighted by molar-refractivity contribution is 5.23. The van der Waals surface area contributed by atoms with Gasteiger partial charge < -0.3 is 5.32 Å². The van der Waals surface area contributed by atoms with Crippen molar-refractivity contribution in [1.82, 2.24) is 10.2 Å². The van der Waals surface area contributed by atoms with Gasteiger partial charge in [0.2, 0.25) is 0 Å². The molecular formula is C17H28N2. The first kappa shape index (κ1) is 14.5. The molecule has 1 atom stereocenters. The molecule has 0 saturated carbocycles. The number of likely N-dealkylation sites (tertiary alicyclic amines) is 1. The van der Waals surface area contributed by atoms with E-state index in [-0.39, 0.29) is 0 Å². The Hall–Kier alpha value is -0.860. The van der Waals surface area contributed by atoms with Crippen LogP contribution in [0.4, 0.5) is 0 Å². The fourth-order valence-corrected chi connectivity index (χ4v) is 2.81. The van der Waals surface area contributed by atoms with Crippen LogP contribution in [0.3, 0.4) is 0 Å². The molecule has 2 heteroatoms. The monoisotopic (exact) mass is 260 g/mol. The van der Waals surface area contributed by atoms with Gasteiger partial charge in [-0.2, -0.15) is 0 Å². The van der Waals surface area contributed by atoms with Gasteiger partial charge in [0.15, 0.2) is 0 Å². The molecule has 1 fully saturated rings. The minimum atomic E-state index is 0.716. The maximum absolute atomic E-state index is 3.52. The first-order valence-electron chi connectivity index (χ1n) is 7.67. The van der Waals surface area contributed by atoms with Crippen molar-refractivity contribution in [1.29, 1.82) is 0 Å². The molecule has 19 heavy (non-hydrogen) atoms. The molecule has 2 nitrogen and oxygen atoms in total. The smallest absolute Gasteiger partial charge is 0.0236 e. The van der Waals surface area contributed by atoms with Crippen molar-refractivity contribution in [3.05, 3.63) is 35.4 Å². The van der Waals surface area contributed by atoms with Crippen LogP contribution in [0.1, 0.15) is 44.7 Å². The second kappa shape index (κ2) is 7.06. The van der Waals surface area contributed by atoms with Crippen molar-refractivity contribution in [3.63, 3.8) is 0 Å². The van der Waals surface area contributed by atoms with Crippen LogP contribution in [0.5, 0.6) is 0 Å². The zero-order valence-corrected chi connectivity index (χ0v) is 12.7. The molecule has 0 spiro atoms.